The van der Waals surface area contributed by atoms with Crippen LogP contribution >= 0.6 is 0 Å². The zero-order valence-electron chi connectivity index (χ0n) is 14.0. The van der Waals surface area contributed by atoms with Gasteiger partial charge in [-0.25, -0.2) is 18.4 Å². The number of hydrogen-bond acceptors (Lipinski definition) is 5. The number of esters is 2. The Hall–Kier alpha value is -3.74. The highest BCUT2D eigenvalue weighted by atomic mass is 19.1. The van der Waals surface area contributed by atoms with E-state index in [2.05, 4.69) is 17.9 Å². The van der Waals surface area contributed by atoms with Gasteiger partial charge in [-0.15, -0.1) is 0 Å². The number of carbonyl (C=O) groups excluding carboxylic acids is 2. The summed E-state index contributed by atoms with van der Waals surface area (Å²) in [5.41, 5.74) is 0.357. The first-order valence-electron chi connectivity index (χ1n) is 7.53. The molecule has 0 radical (unpaired) electrons. The summed E-state index contributed by atoms with van der Waals surface area (Å²) in [4.78, 5) is 22.0. The molecule has 0 aromatic heterocycles. The fourth-order valence-electron chi connectivity index (χ4n) is 1.96. The van der Waals surface area contributed by atoms with Crippen LogP contribution in [-0.4, -0.2) is 11.9 Å². The van der Waals surface area contributed by atoms with Crippen molar-refractivity contribution in [2.75, 3.05) is 0 Å². The molecule has 0 aliphatic rings. The first kappa shape index (κ1) is 19.6. The van der Waals surface area contributed by atoms with Crippen molar-refractivity contribution in [1.82, 2.24) is 0 Å². The van der Waals surface area contributed by atoms with Gasteiger partial charge < -0.3 is 14.2 Å². The molecule has 0 saturated heterocycles. The number of hydrogen-bond donors (Lipinski definition) is 0. The van der Waals surface area contributed by atoms with Crippen LogP contribution in [0.3, 0.4) is 0 Å². The second-order valence-corrected chi connectivity index (χ2v) is 4.94. The van der Waals surface area contributed by atoms with E-state index in [1.807, 2.05) is 0 Å². The van der Waals surface area contributed by atoms with E-state index >= 15 is 0 Å². The van der Waals surface area contributed by atoms with Crippen molar-refractivity contribution < 1.29 is 32.6 Å². The lowest BCUT2D eigenvalue weighted by Gasteiger charge is -2.08. The molecule has 0 fully saturated rings. The number of carbonyl (C=O) groups is 2. The molecule has 0 N–H and O–H groups in total. The van der Waals surface area contributed by atoms with E-state index < -0.39 is 23.6 Å². The Morgan fingerprint density at radius 1 is 0.889 bits per heavy atom. The SMILES string of the molecule is C=CC(=O)O/C=C\Oc1ccc(-c2ccc(OC(=O)C=C)cc2F)cc1F. The largest absolute Gasteiger partial charge is 0.459 e. The van der Waals surface area contributed by atoms with Crippen molar-refractivity contribution in [1.29, 1.82) is 0 Å². The number of ether oxygens (including phenoxy) is 3. The van der Waals surface area contributed by atoms with Gasteiger partial charge in [0.25, 0.3) is 0 Å². The molecule has 2 rings (SSSR count). The second kappa shape index (κ2) is 9.10. The van der Waals surface area contributed by atoms with Gasteiger partial charge in [-0.1, -0.05) is 19.2 Å². The van der Waals surface area contributed by atoms with Gasteiger partial charge in [0, 0.05) is 23.8 Å². The van der Waals surface area contributed by atoms with E-state index in [0.717, 1.165) is 36.8 Å². The third-order valence-electron chi connectivity index (χ3n) is 3.17. The molecule has 0 bridgehead atoms. The van der Waals surface area contributed by atoms with Crippen LogP contribution in [0.1, 0.15) is 0 Å². The summed E-state index contributed by atoms with van der Waals surface area (Å²) in [7, 11) is 0. The summed E-state index contributed by atoms with van der Waals surface area (Å²) >= 11 is 0. The van der Waals surface area contributed by atoms with Crippen LogP contribution in [0.15, 0.2) is 74.2 Å². The fraction of sp³-hybridized carbons (Fsp3) is 0. The maximum atomic E-state index is 14.2. The molecule has 5 nitrogen and oxygen atoms in total. The highest BCUT2D eigenvalue weighted by molar-refractivity contribution is 5.83. The van der Waals surface area contributed by atoms with Crippen LogP contribution in [-0.2, 0) is 14.3 Å². The Morgan fingerprint density at radius 2 is 1.63 bits per heavy atom. The first-order chi connectivity index (χ1) is 12.9. The normalized spacial score (nSPS) is 10.3. The van der Waals surface area contributed by atoms with Crippen LogP contribution < -0.4 is 9.47 Å². The lowest BCUT2D eigenvalue weighted by atomic mass is 10.0. The highest BCUT2D eigenvalue weighted by Gasteiger charge is 2.11. The molecule has 27 heavy (non-hydrogen) atoms. The number of rotatable bonds is 7. The average molecular weight is 372 g/mol. The minimum atomic E-state index is -0.756. The molecule has 0 amide bonds. The standard InChI is InChI=1S/C20H14F2O5/c1-3-19(23)26-10-9-25-18-8-5-13(11-17(18)22)15-7-6-14(12-16(15)21)27-20(24)4-2/h3-12H,1-2H2/b10-9-. The molecule has 0 heterocycles. The zero-order valence-corrected chi connectivity index (χ0v) is 14.0. The molecule has 2 aromatic rings. The van der Waals surface area contributed by atoms with Gasteiger partial charge in [-0.05, 0) is 29.8 Å². The first-order valence-corrected chi connectivity index (χ1v) is 7.53. The predicted molar refractivity (Wildman–Crippen MR) is 93.7 cm³/mol. The van der Waals surface area contributed by atoms with E-state index in [9.17, 15) is 18.4 Å². The Morgan fingerprint density at radius 3 is 2.26 bits per heavy atom. The Labute approximate surface area is 153 Å². The summed E-state index contributed by atoms with van der Waals surface area (Å²) in [5.74, 6) is -3.02. The van der Waals surface area contributed by atoms with Crippen LogP contribution in [0.2, 0.25) is 0 Å². The summed E-state index contributed by atoms with van der Waals surface area (Å²) < 4.78 is 42.7. The average Bonchev–Trinajstić information content (AvgIpc) is 2.66. The maximum Gasteiger partial charge on any atom is 0.335 e. The van der Waals surface area contributed by atoms with Crippen LogP contribution in [0.5, 0.6) is 11.5 Å². The van der Waals surface area contributed by atoms with Gasteiger partial charge in [0.1, 0.15) is 24.1 Å². The quantitative estimate of drug-likeness (QED) is 0.314. The topological polar surface area (TPSA) is 61.8 Å². The Kier molecular flexibility index (Phi) is 6.60. The molecule has 0 aliphatic carbocycles. The van der Waals surface area contributed by atoms with Crippen LogP contribution in [0.25, 0.3) is 11.1 Å². The van der Waals surface area contributed by atoms with E-state index in [1.165, 1.54) is 24.3 Å². The van der Waals surface area contributed by atoms with Gasteiger partial charge in [0.05, 0.1) is 0 Å². The lowest BCUT2D eigenvalue weighted by molar-refractivity contribution is -0.132. The summed E-state index contributed by atoms with van der Waals surface area (Å²) in [6.07, 6.45) is 3.81. The molecule has 7 heteroatoms. The highest BCUT2D eigenvalue weighted by Crippen LogP contribution is 2.29. The molecular weight excluding hydrogens is 358 g/mol. The van der Waals surface area contributed by atoms with E-state index in [-0.39, 0.29) is 22.6 Å². The minimum Gasteiger partial charge on any atom is -0.459 e. The van der Waals surface area contributed by atoms with Crippen molar-refractivity contribution >= 4 is 11.9 Å². The van der Waals surface area contributed by atoms with Gasteiger partial charge in [0.15, 0.2) is 11.6 Å². The molecule has 0 aliphatic heterocycles. The van der Waals surface area contributed by atoms with Crippen molar-refractivity contribution in [3.8, 4) is 22.6 Å². The van der Waals surface area contributed by atoms with E-state index in [4.69, 9.17) is 9.47 Å². The third-order valence-corrected chi connectivity index (χ3v) is 3.17. The third kappa shape index (κ3) is 5.37. The molecule has 0 saturated carbocycles. The molecule has 2 aromatic carbocycles. The summed E-state index contributed by atoms with van der Waals surface area (Å²) in [5, 5.41) is 0. The second-order valence-electron chi connectivity index (χ2n) is 4.94. The van der Waals surface area contributed by atoms with Gasteiger partial charge in [-0.3, -0.25) is 0 Å². The molecule has 138 valence electrons. The predicted octanol–water partition coefficient (Wildman–Crippen LogP) is 4.30. The Balaban J connectivity index is 2.14. The van der Waals surface area contributed by atoms with E-state index in [0.29, 0.717) is 0 Å². The number of halogens is 2. The van der Waals surface area contributed by atoms with Crippen molar-refractivity contribution in [2.24, 2.45) is 0 Å². The maximum absolute atomic E-state index is 14.2. The van der Waals surface area contributed by atoms with Gasteiger partial charge in [0.2, 0.25) is 0 Å². The monoisotopic (exact) mass is 372 g/mol. The smallest absolute Gasteiger partial charge is 0.335 e. The van der Waals surface area contributed by atoms with Crippen molar-refractivity contribution in [3.63, 3.8) is 0 Å². The number of benzene rings is 2. The molecule has 0 spiro atoms. The fourth-order valence-corrected chi connectivity index (χ4v) is 1.96. The van der Waals surface area contributed by atoms with Gasteiger partial charge >= 0.3 is 11.9 Å². The lowest BCUT2D eigenvalue weighted by Crippen LogP contribution is -2.03. The van der Waals surface area contributed by atoms with E-state index in [1.54, 1.807) is 0 Å². The Bertz CT molecular complexity index is 919. The summed E-state index contributed by atoms with van der Waals surface area (Å²) in [6, 6.07) is 7.54. The van der Waals surface area contributed by atoms with Crippen molar-refractivity contribution in [2.45, 2.75) is 0 Å². The molecule has 0 atom stereocenters. The minimum absolute atomic E-state index is 0.000726. The molecule has 0 unspecified atom stereocenters. The van der Waals surface area contributed by atoms with Crippen molar-refractivity contribution in [3.05, 3.63) is 85.9 Å². The van der Waals surface area contributed by atoms with Gasteiger partial charge in [-0.2, -0.15) is 0 Å². The summed E-state index contributed by atoms with van der Waals surface area (Å²) in [6.45, 7) is 6.46. The molecular formula is C20H14F2O5. The van der Waals surface area contributed by atoms with Crippen LogP contribution in [0, 0.1) is 11.6 Å². The van der Waals surface area contributed by atoms with Crippen LogP contribution in [0.4, 0.5) is 8.78 Å². The zero-order chi connectivity index (χ0) is 19.8.